The molecule has 1 N–H and O–H groups in total. The second-order valence-corrected chi connectivity index (χ2v) is 4.58. The van der Waals surface area contributed by atoms with Crippen LogP contribution in [0.25, 0.3) is 0 Å². The number of rotatable bonds is 3. The minimum Gasteiger partial charge on any atom is -0.379 e. The number of quaternary nitrogens is 1. The standard InChI is InChI=1S/C10H23N2O/c1-5-12(4)7-6-10(8-12)11(3)9(2)13/h9-10,13H,5-8H2,1-4H3/q+1. The number of aliphatic hydroxyl groups is 1. The third-order valence-electron chi connectivity index (χ3n) is 3.58. The molecular weight excluding hydrogens is 164 g/mol. The highest BCUT2D eigenvalue weighted by Gasteiger charge is 2.36. The van der Waals surface area contributed by atoms with Gasteiger partial charge in [-0.05, 0) is 20.9 Å². The van der Waals surface area contributed by atoms with Crippen molar-refractivity contribution in [2.24, 2.45) is 0 Å². The van der Waals surface area contributed by atoms with E-state index in [2.05, 4.69) is 18.9 Å². The van der Waals surface area contributed by atoms with E-state index in [1.54, 1.807) is 0 Å². The van der Waals surface area contributed by atoms with Gasteiger partial charge in [-0.1, -0.05) is 0 Å². The topological polar surface area (TPSA) is 23.5 Å². The maximum absolute atomic E-state index is 9.44. The second-order valence-electron chi connectivity index (χ2n) is 4.58. The van der Waals surface area contributed by atoms with Crippen molar-refractivity contribution >= 4 is 0 Å². The highest BCUT2D eigenvalue weighted by Crippen LogP contribution is 2.21. The Morgan fingerprint density at radius 3 is 2.62 bits per heavy atom. The molecule has 1 fully saturated rings. The Balaban J connectivity index is 2.49. The van der Waals surface area contributed by atoms with Gasteiger partial charge in [-0.25, -0.2) is 0 Å². The highest BCUT2D eigenvalue weighted by atomic mass is 16.3. The summed E-state index contributed by atoms with van der Waals surface area (Å²) in [6.45, 7) is 7.71. The third-order valence-corrected chi connectivity index (χ3v) is 3.58. The fourth-order valence-corrected chi connectivity index (χ4v) is 2.08. The van der Waals surface area contributed by atoms with Crippen LogP contribution in [-0.2, 0) is 0 Å². The Kier molecular flexibility index (Phi) is 3.33. The normalized spacial score (nSPS) is 36.9. The molecule has 0 aromatic carbocycles. The first kappa shape index (κ1) is 11.0. The number of nitrogens with zero attached hydrogens (tertiary/aromatic N) is 2. The first-order chi connectivity index (χ1) is 5.98. The van der Waals surface area contributed by atoms with Crippen LogP contribution in [0.2, 0.25) is 0 Å². The zero-order chi connectivity index (χ0) is 10.1. The quantitative estimate of drug-likeness (QED) is 0.513. The number of likely N-dealkylation sites (tertiary alicyclic amines) is 1. The van der Waals surface area contributed by atoms with Crippen molar-refractivity contribution in [3.63, 3.8) is 0 Å². The van der Waals surface area contributed by atoms with E-state index in [-0.39, 0.29) is 6.23 Å². The van der Waals surface area contributed by atoms with E-state index in [1.165, 1.54) is 26.1 Å². The van der Waals surface area contributed by atoms with Crippen LogP contribution in [0, 0.1) is 0 Å². The fraction of sp³-hybridized carbons (Fsp3) is 1.00. The van der Waals surface area contributed by atoms with Gasteiger partial charge in [-0.15, -0.1) is 0 Å². The summed E-state index contributed by atoms with van der Waals surface area (Å²) in [5.41, 5.74) is 0. The lowest BCUT2D eigenvalue weighted by Gasteiger charge is -2.30. The molecule has 3 atom stereocenters. The van der Waals surface area contributed by atoms with Crippen molar-refractivity contribution < 1.29 is 9.59 Å². The summed E-state index contributed by atoms with van der Waals surface area (Å²) in [5.74, 6) is 0. The van der Waals surface area contributed by atoms with Gasteiger partial charge >= 0.3 is 0 Å². The van der Waals surface area contributed by atoms with E-state index >= 15 is 0 Å². The minimum absolute atomic E-state index is 0.312. The molecule has 1 rings (SSSR count). The van der Waals surface area contributed by atoms with Crippen LogP contribution in [-0.4, -0.2) is 60.5 Å². The molecule has 0 saturated carbocycles. The molecule has 0 bridgehead atoms. The molecule has 0 amide bonds. The molecule has 0 aromatic heterocycles. The molecule has 0 aliphatic carbocycles. The van der Waals surface area contributed by atoms with Gasteiger partial charge in [0, 0.05) is 6.42 Å². The minimum atomic E-state index is -0.312. The zero-order valence-corrected chi connectivity index (χ0v) is 9.32. The van der Waals surface area contributed by atoms with Crippen molar-refractivity contribution in [1.82, 2.24) is 4.90 Å². The van der Waals surface area contributed by atoms with Gasteiger partial charge in [-0.2, -0.15) is 0 Å². The molecule has 1 saturated heterocycles. The van der Waals surface area contributed by atoms with Crippen LogP contribution in [0.1, 0.15) is 20.3 Å². The lowest BCUT2D eigenvalue weighted by molar-refractivity contribution is -0.896. The van der Waals surface area contributed by atoms with E-state index in [9.17, 15) is 5.11 Å². The largest absolute Gasteiger partial charge is 0.379 e. The van der Waals surface area contributed by atoms with Gasteiger partial charge in [0.2, 0.25) is 0 Å². The van der Waals surface area contributed by atoms with Crippen molar-refractivity contribution in [2.75, 3.05) is 33.7 Å². The predicted molar refractivity (Wildman–Crippen MR) is 54.3 cm³/mol. The molecule has 1 heterocycles. The molecule has 3 heteroatoms. The lowest BCUT2D eigenvalue weighted by atomic mass is 10.2. The van der Waals surface area contributed by atoms with Crippen LogP contribution in [0.5, 0.6) is 0 Å². The Hall–Kier alpha value is -0.120. The van der Waals surface area contributed by atoms with Crippen molar-refractivity contribution in [3.05, 3.63) is 0 Å². The third kappa shape index (κ3) is 2.42. The molecule has 1 aliphatic rings. The van der Waals surface area contributed by atoms with Crippen molar-refractivity contribution in [3.8, 4) is 0 Å². The summed E-state index contributed by atoms with van der Waals surface area (Å²) in [4.78, 5) is 2.08. The summed E-state index contributed by atoms with van der Waals surface area (Å²) < 4.78 is 1.15. The smallest absolute Gasteiger partial charge is 0.104 e. The molecule has 1 aliphatic heterocycles. The van der Waals surface area contributed by atoms with Gasteiger partial charge < -0.3 is 9.59 Å². The maximum atomic E-state index is 9.44. The van der Waals surface area contributed by atoms with E-state index in [4.69, 9.17) is 0 Å². The van der Waals surface area contributed by atoms with Gasteiger partial charge in [0.25, 0.3) is 0 Å². The van der Waals surface area contributed by atoms with Crippen LogP contribution in [0.15, 0.2) is 0 Å². The lowest BCUT2D eigenvalue weighted by Crippen LogP contribution is -2.46. The predicted octanol–water partition coefficient (Wildman–Crippen LogP) is 0.495. The van der Waals surface area contributed by atoms with E-state index in [0.717, 1.165) is 4.48 Å². The van der Waals surface area contributed by atoms with Gasteiger partial charge in [-0.3, -0.25) is 4.90 Å². The number of hydrogen-bond acceptors (Lipinski definition) is 2. The van der Waals surface area contributed by atoms with E-state index in [1.807, 2.05) is 14.0 Å². The number of aliphatic hydroxyl groups excluding tert-OH is 1. The molecule has 3 unspecified atom stereocenters. The molecule has 0 radical (unpaired) electrons. The van der Waals surface area contributed by atoms with Crippen molar-refractivity contribution in [2.45, 2.75) is 32.5 Å². The van der Waals surface area contributed by atoms with Crippen LogP contribution < -0.4 is 0 Å². The van der Waals surface area contributed by atoms with E-state index < -0.39 is 0 Å². The van der Waals surface area contributed by atoms with Crippen LogP contribution >= 0.6 is 0 Å². The molecule has 78 valence electrons. The number of likely N-dealkylation sites (N-methyl/N-ethyl adjacent to an activating group) is 2. The van der Waals surface area contributed by atoms with Gasteiger partial charge in [0.1, 0.15) is 6.23 Å². The number of hydrogen-bond donors (Lipinski definition) is 1. The summed E-state index contributed by atoms with van der Waals surface area (Å²) >= 11 is 0. The average molecular weight is 187 g/mol. The molecule has 3 nitrogen and oxygen atoms in total. The molecule has 0 aromatic rings. The van der Waals surface area contributed by atoms with Crippen LogP contribution in [0.3, 0.4) is 0 Å². The Morgan fingerprint density at radius 2 is 2.23 bits per heavy atom. The van der Waals surface area contributed by atoms with Gasteiger partial charge in [0.15, 0.2) is 0 Å². The Labute approximate surface area is 81.5 Å². The monoisotopic (exact) mass is 187 g/mol. The summed E-state index contributed by atoms with van der Waals surface area (Å²) in [5, 5.41) is 9.44. The molecular formula is C10H23N2O+. The summed E-state index contributed by atoms with van der Waals surface area (Å²) in [6, 6.07) is 0.560. The van der Waals surface area contributed by atoms with Gasteiger partial charge in [0.05, 0.1) is 32.7 Å². The first-order valence-corrected chi connectivity index (χ1v) is 5.22. The summed E-state index contributed by atoms with van der Waals surface area (Å²) in [7, 11) is 4.32. The highest BCUT2D eigenvalue weighted by molar-refractivity contribution is 4.74. The Morgan fingerprint density at radius 1 is 1.62 bits per heavy atom. The second kappa shape index (κ2) is 3.95. The molecule has 13 heavy (non-hydrogen) atoms. The fourth-order valence-electron chi connectivity index (χ4n) is 2.08. The van der Waals surface area contributed by atoms with Crippen molar-refractivity contribution in [1.29, 1.82) is 0 Å². The van der Waals surface area contributed by atoms with E-state index in [0.29, 0.717) is 6.04 Å². The average Bonchev–Trinajstić information content (AvgIpc) is 2.47. The maximum Gasteiger partial charge on any atom is 0.104 e. The van der Waals surface area contributed by atoms with Crippen LogP contribution in [0.4, 0.5) is 0 Å². The first-order valence-electron chi connectivity index (χ1n) is 5.22. The SMILES string of the molecule is CC[N+]1(C)CCC(N(C)C(C)O)C1. The summed E-state index contributed by atoms with van der Waals surface area (Å²) in [6.07, 6.45) is 0.902. The Bertz CT molecular complexity index is 172. The zero-order valence-electron chi connectivity index (χ0n) is 9.32. The molecule has 0 spiro atoms.